The van der Waals surface area contributed by atoms with Crippen molar-refractivity contribution in [2.45, 2.75) is 31.8 Å². The van der Waals surface area contributed by atoms with E-state index in [1.807, 2.05) is 30.0 Å². The zero-order valence-electron chi connectivity index (χ0n) is 14.1. The molecule has 3 rings (SSSR count). The Balaban J connectivity index is 1.65. The molecule has 0 aliphatic carbocycles. The van der Waals surface area contributed by atoms with Gasteiger partial charge in [0.1, 0.15) is 18.5 Å². The first-order chi connectivity index (χ1) is 11.6. The van der Waals surface area contributed by atoms with Crippen LogP contribution < -0.4 is 4.90 Å². The first-order valence-electron chi connectivity index (χ1n) is 8.30. The number of carbonyl (C=O) groups is 2. The smallest absolute Gasteiger partial charge is 0.415 e. The van der Waals surface area contributed by atoms with E-state index >= 15 is 0 Å². The molecule has 0 radical (unpaired) electrons. The summed E-state index contributed by atoms with van der Waals surface area (Å²) in [4.78, 5) is 31.8. The predicted octanol–water partition coefficient (Wildman–Crippen LogP) is 1.78. The van der Waals surface area contributed by atoms with Gasteiger partial charge in [-0.2, -0.15) is 0 Å². The molecule has 2 saturated heterocycles. The van der Waals surface area contributed by atoms with E-state index in [1.165, 1.54) is 7.11 Å². The molecule has 1 aromatic rings. The van der Waals surface area contributed by atoms with Crippen LogP contribution in [0.1, 0.15) is 31.4 Å². The lowest BCUT2D eigenvalue weighted by Gasteiger charge is -2.31. The van der Waals surface area contributed by atoms with Crippen LogP contribution in [0.3, 0.4) is 0 Å². The van der Waals surface area contributed by atoms with E-state index in [1.54, 1.807) is 4.90 Å². The van der Waals surface area contributed by atoms with Gasteiger partial charge in [0.15, 0.2) is 0 Å². The molecule has 0 saturated carbocycles. The van der Waals surface area contributed by atoms with Crippen molar-refractivity contribution in [2.75, 3.05) is 38.3 Å². The van der Waals surface area contributed by atoms with Gasteiger partial charge in [-0.05, 0) is 31.9 Å². The average Bonchev–Trinajstić information content (AvgIpc) is 2.94. The van der Waals surface area contributed by atoms with Crippen molar-refractivity contribution in [1.29, 1.82) is 0 Å². The van der Waals surface area contributed by atoms with Crippen LogP contribution in [0.5, 0.6) is 0 Å². The molecular formula is C17H23N3O4. The summed E-state index contributed by atoms with van der Waals surface area (Å²) < 4.78 is 10.1. The Bertz CT molecular complexity index is 614. The minimum Gasteiger partial charge on any atom is -0.444 e. The highest BCUT2D eigenvalue weighted by Crippen LogP contribution is 2.29. The van der Waals surface area contributed by atoms with Crippen LogP contribution in [-0.4, -0.2) is 61.3 Å². The number of ether oxygens (including phenoxy) is 2. The number of methoxy groups -OCH3 is 1. The third kappa shape index (κ3) is 3.51. The van der Waals surface area contributed by atoms with Gasteiger partial charge in [-0.3, -0.25) is 9.69 Å². The van der Waals surface area contributed by atoms with Crippen molar-refractivity contribution in [1.82, 2.24) is 9.88 Å². The summed E-state index contributed by atoms with van der Waals surface area (Å²) in [6.07, 6.45) is 1.28. The largest absolute Gasteiger partial charge is 0.444 e. The summed E-state index contributed by atoms with van der Waals surface area (Å²) in [5, 5.41) is 0. The van der Waals surface area contributed by atoms with Gasteiger partial charge >= 0.3 is 6.09 Å². The normalized spacial score (nSPS) is 21.9. The number of likely N-dealkylation sites (tertiary alicyclic amines) is 1. The molecule has 2 fully saturated rings. The Kier molecular flexibility index (Phi) is 4.99. The second-order valence-corrected chi connectivity index (χ2v) is 6.31. The number of cyclic esters (lactones) is 1. The van der Waals surface area contributed by atoms with E-state index in [0.29, 0.717) is 31.4 Å². The third-order valence-corrected chi connectivity index (χ3v) is 4.53. The Morgan fingerprint density at radius 1 is 1.38 bits per heavy atom. The molecule has 1 unspecified atom stereocenters. The maximum absolute atomic E-state index is 11.9. The fourth-order valence-electron chi connectivity index (χ4n) is 3.25. The summed E-state index contributed by atoms with van der Waals surface area (Å²) >= 11 is 0. The second-order valence-electron chi connectivity index (χ2n) is 6.31. The zero-order chi connectivity index (χ0) is 17.1. The lowest BCUT2D eigenvalue weighted by molar-refractivity contribution is -0.136. The van der Waals surface area contributed by atoms with E-state index in [9.17, 15) is 9.59 Å². The molecule has 1 aromatic heterocycles. The van der Waals surface area contributed by atoms with Crippen molar-refractivity contribution in [3.63, 3.8) is 0 Å². The summed E-state index contributed by atoms with van der Waals surface area (Å²) in [7, 11) is 1.53. The maximum Gasteiger partial charge on any atom is 0.415 e. The molecule has 3 heterocycles. The number of rotatable bonds is 4. The number of nitrogens with zero attached hydrogens (tertiary/aromatic N) is 3. The summed E-state index contributed by atoms with van der Waals surface area (Å²) in [5.74, 6) is 0.971. The zero-order valence-corrected chi connectivity index (χ0v) is 14.1. The van der Waals surface area contributed by atoms with Gasteiger partial charge in [0.05, 0.1) is 6.54 Å². The number of hydrogen-bond acceptors (Lipinski definition) is 5. The molecule has 24 heavy (non-hydrogen) atoms. The van der Waals surface area contributed by atoms with Crippen LogP contribution in [0.4, 0.5) is 10.6 Å². The van der Waals surface area contributed by atoms with Crippen LogP contribution >= 0.6 is 0 Å². The van der Waals surface area contributed by atoms with E-state index in [0.717, 1.165) is 18.5 Å². The lowest BCUT2D eigenvalue weighted by atomic mass is 9.93. The highest BCUT2D eigenvalue weighted by atomic mass is 16.6. The highest BCUT2D eigenvalue weighted by molar-refractivity contribution is 5.88. The van der Waals surface area contributed by atoms with Gasteiger partial charge in [-0.1, -0.05) is 6.07 Å². The van der Waals surface area contributed by atoms with Gasteiger partial charge in [0, 0.05) is 31.8 Å². The average molecular weight is 333 g/mol. The Morgan fingerprint density at radius 2 is 2.12 bits per heavy atom. The maximum atomic E-state index is 11.9. The van der Waals surface area contributed by atoms with Crippen LogP contribution in [-0.2, 0) is 14.3 Å². The molecule has 2 aliphatic rings. The molecule has 0 spiro atoms. The molecule has 2 amide bonds. The Labute approximate surface area is 141 Å². The molecule has 130 valence electrons. The molecule has 7 nitrogen and oxygen atoms in total. The first-order valence-corrected chi connectivity index (χ1v) is 8.30. The lowest BCUT2D eigenvalue weighted by Crippen LogP contribution is -2.40. The molecule has 0 N–H and O–H groups in total. The van der Waals surface area contributed by atoms with Crippen LogP contribution in [0.25, 0.3) is 0 Å². The molecule has 0 aromatic carbocycles. The number of hydrogen-bond donors (Lipinski definition) is 0. The quantitative estimate of drug-likeness (QED) is 0.840. The molecule has 1 atom stereocenters. The molecular weight excluding hydrogens is 310 g/mol. The van der Waals surface area contributed by atoms with Crippen LogP contribution in [0, 0.1) is 0 Å². The van der Waals surface area contributed by atoms with E-state index < -0.39 is 0 Å². The summed E-state index contributed by atoms with van der Waals surface area (Å²) in [5.41, 5.74) is 0.971. The number of aromatic nitrogens is 1. The van der Waals surface area contributed by atoms with Crippen LogP contribution in [0.15, 0.2) is 18.2 Å². The summed E-state index contributed by atoms with van der Waals surface area (Å²) in [6, 6.07) is 5.75. The molecule has 2 aliphatic heterocycles. The number of anilines is 1. The monoisotopic (exact) mass is 333 g/mol. The number of amides is 2. The molecule has 0 bridgehead atoms. The van der Waals surface area contributed by atoms with E-state index in [2.05, 4.69) is 4.98 Å². The first kappa shape index (κ1) is 16.7. The van der Waals surface area contributed by atoms with Gasteiger partial charge in [0.2, 0.25) is 5.91 Å². The Hall–Kier alpha value is -2.15. The fourth-order valence-corrected chi connectivity index (χ4v) is 3.25. The van der Waals surface area contributed by atoms with E-state index in [-0.39, 0.29) is 24.7 Å². The fraction of sp³-hybridized carbons (Fsp3) is 0.588. The van der Waals surface area contributed by atoms with Gasteiger partial charge < -0.3 is 14.4 Å². The van der Waals surface area contributed by atoms with Crippen molar-refractivity contribution < 1.29 is 19.1 Å². The van der Waals surface area contributed by atoms with Crippen molar-refractivity contribution >= 4 is 17.8 Å². The van der Waals surface area contributed by atoms with Crippen LogP contribution in [0.2, 0.25) is 0 Å². The minimum atomic E-state index is -0.341. The van der Waals surface area contributed by atoms with Gasteiger partial charge in [-0.25, -0.2) is 9.78 Å². The predicted molar refractivity (Wildman–Crippen MR) is 88.0 cm³/mol. The standard InChI is InChI=1S/C17H23N3O4/c1-12-10-20(17(22)24-12)15-5-3-4-14(18-15)13-6-8-19(9-7-13)16(21)11-23-2/h3-5,12-13H,6-11H2,1-2H3. The van der Waals surface area contributed by atoms with Gasteiger partial charge in [-0.15, -0.1) is 0 Å². The van der Waals surface area contributed by atoms with Crippen molar-refractivity contribution in [3.05, 3.63) is 23.9 Å². The van der Waals surface area contributed by atoms with Crippen molar-refractivity contribution in [3.8, 4) is 0 Å². The topological polar surface area (TPSA) is 72.0 Å². The Morgan fingerprint density at radius 3 is 2.75 bits per heavy atom. The number of carbonyl (C=O) groups excluding carboxylic acids is 2. The summed E-state index contributed by atoms with van der Waals surface area (Å²) in [6.45, 7) is 3.95. The second kappa shape index (κ2) is 7.17. The molecule has 7 heteroatoms. The number of piperidine rings is 1. The van der Waals surface area contributed by atoms with Gasteiger partial charge in [0.25, 0.3) is 0 Å². The third-order valence-electron chi connectivity index (χ3n) is 4.53. The SMILES string of the molecule is COCC(=O)N1CCC(c2cccc(N3CC(C)OC3=O)n2)CC1. The minimum absolute atomic E-state index is 0.0338. The highest BCUT2D eigenvalue weighted by Gasteiger charge is 2.31. The van der Waals surface area contributed by atoms with E-state index in [4.69, 9.17) is 9.47 Å². The van der Waals surface area contributed by atoms with Crippen molar-refractivity contribution in [2.24, 2.45) is 0 Å². The number of pyridine rings is 1.